The van der Waals surface area contributed by atoms with Crippen LogP contribution in [0.25, 0.3) is 11.1 Å². The SMILES string of the molecule is CCO[C@@]1(C)C[C@H]1NC(=O)c1ccc(C)c(-c2cnn(C)c2)c1. The normalized spacial score (nSPS) is 22.9. The van der Waals surface area contributed by atoms with Crippen molar-refractivity contribution in [2.24, 2.45) is 7.05 Å². The number of amides is 1. The zero-order valence-corrected chi connectivity index (χ0v) is 14.1. The summed E-state index contributed by atoms with van der Waals surface area (Å²) in [5.41, 5.74) is 3.64. The minimum atomic E-state index is -0.207. The lowest BCUT2D eigenvalue weighted by Gasteiger charge is -2.13. The first-order valence-electron chi connectivity index (χ1n) is 7.97. The maximum absolute atomic E-state index is 12.5. The topological polar surface area (TPSA) is 56.1 Å². The fourth-order valence-electron chi connectivity index (χ4n) is 2.92. The van der Waals surface area contributed by atoms with Gasteiger partial charge in [-0.3, -0.25) is 9.48 Å². The Labute approximate surface area is 136 Å². The van der Waals surface area contributed by atoms with Crippen LogP contribution in [-0.2, 0) is 11.8 Å². The van der Waals surface area contributed by atoms with Crippen LogP contribution in [0.5, 0.6) is 0 Å². The summed E-state index contributed by atoms with van der Waals surface area (Å²) >= 11 is 0. The molecule has 0 saturated heterocycles. The third-order valence-electron chi connectivity index (χ3n) is 4.48. The van der Waals surface area contributed by atoms with Crippen LogP contribution < -0.4 is 5.32 Å². The second-order valence-corrected chi connectivity index (χ2v) is 6.41. The van der Waals surface area contributed by atoms with Gasteiger partial charge in [-0.25, -0.2) is 0 Å². The van der Waals surface area contributed by atoms with Crippen LogP contribution >= 0.6 is 0 Å². The predicted molar refractivity (Wildman–Crippen MR) is 89.3 cm³/mol. The largest absolute Gasteiger partial charge is 0.373 e. The molecule has 1 aromatic heterocycles. The highest BCUT2D eigenvalue weighted by atomic mass is 16.5. The molecule has 23 heavy (non-hydrogen) atoms. The average Bonchev–Trinajstić information content (AvgIpc) is 2.92. The lowest BCUT2D eigenvalue weighted by molar-refractivity contribution is 0.0470. The van der Waals surface area contributed by atoms with Crippen molar-refractivity contribution in [1.82, 2.24) is 15.1 Å². The first kappa shape index (κ1) is 15.7. The Bertz CT molecular complexity index is 738. The zero-order valence-electron chi connectivity index (χ0n) is 14.1. The molecule has 1 aromatic carbocycles. The van der Waals surface area contributed by atoms with Crippen LogP contribution in [0.15, 0.2) is 30.6 Å². The Balaban J connectivity index is 1.77. The van der Waals surface area contributed by atoms with E-state index in [-0.39, 0.29) is 17.6 Å². The molecule has 2 atom stereocenters. The van der Waals surface area contributed by atoms with E-state index >= 15 is 0 Å². The Kier molecular flexibility index (Phi) is 3.98. The summed E-state index contributed by atoms with van der Waals surface area (Å²) in [6, 6.07) is 5.87. The quantitative estimate of drug-likeness (QED) is 0.923. The Morgan fingerprint density at radius 2 is 2.30 bits per heavy atom. The molecule has 122 valence electrons. The molecule has 0 spiro atoms. The lowest BCUT2D eigenvalue weighted by atomic mass is 10.0. The van der Waals surface area contributed by atoms with E-state index in [1.54, 1.807) is 4.68 Å². The minimum Gasteiger partial charge on any atom is -0.373 e. The number of nitrogens with zero attached hydrogens (tertiary/aromatic N) is 2. The first-order chi connectivity index (χ1) is 10.9. The summed E-state index contributed by atoms with van der Waals surface area (Å²) in [7, 11) is 1.89. The molecule has 1 aliphatic carbocycles. The van der Waals surface area contributed by atoms with Gasteiger partial charge in [-0.05, 0) is 44.0 Å². The van der Waals surface area contributed by atoms with Crippen molar-refractivity contribution in [3.05, 3.63) is 41.7 Å². The molecule has 1 amide bonds. The van der Waals surface area contributed by atoms with E-state index in [0.29, 0.717) is 12.2 Å². The van der Waals surface area contributed by atoms with Crippen molar-refractivity contribution in [2.75, 3.05) is 6.61 Å². The average molecular weight is 313 g/mol. The number of hydrogen-bond acceptors (Lipinski definition) is 3. The van der Waals surface area contributed by atoms with Gasteiger partial charge in [0.1, 0.15) is 0 Å². The van der Waals surface area contributed by atoms with Crippen molar-refractivity contribution in [1.29, 1.82) is 0 Å². The fourth-order valence-corrected chi connectivity index (χ4v) is 2.92. The number of nitrogens with one attached hydrogen (secondary N) is 1. The van der Waals surface area contributed by atoms with Gasteiger partial charge in [-0.2, -0.15) is 5.10 Å². The van der Waals surface area contributed by atoms with E-state index in [2.05, 4.69) is 10.4 Å². The number of hydrogen-bond donors (Lipinski definition) is 1. The number of benzene rings is 1. The third kappa shape index (κ3) is 3.15. The molecule has 0 bridgehead atoms. The molecule has 3 rings (SSSR count). The fraction of sp³-hybridized carbons (Fsp3) is 0.444. The van der Waals surface area contributed by atoms with Gasteiger partial charge in [-0.15, -0.1) is 0 Å². The Morgan fingerprint density at radius 1 is 1.52 bits per heavy atom. The molecule has 1 heterocycles. The van der Waals surface area contributed by atoms with Gasteiger partial charge >= 0.3 is 0 Å². The van der Waals surface area contributed by atoms with Crippen molar-refractivity contribution in [3.63, 3.8) is 0 Å². The molecule has 0 radical (unpaired) electrons. The number of aryl methyl sites for hydroxylation is 2. The maximum atomic E-state index is 12.5. The molecule has 1 N–H and O–H groups in total. The molecule has 1 aliphatic rings. The second-order valence-electron chi connectivity index (χ2n) is 6.41. The lowest BCUT2D eigenvalue weighted by Crippen LogP contribution is -2.32. The van der Waals surface area contributed by atoms with Crippen LogP contribution in [0.4, 0.5) is 0 Å². The summed E-state index contributed by atoms with van der Waals surface area (Å²) in [6.07, 6.45) is 4.64. The maximum Gasteiger partial charge on any atom is 0.251 e. The van der Waals surface area contributed by atoms with Gasteiger partial charge in [0.2, 0.25) is 0 Å². The van der Waals surface area contributed by atoms with Gasteiger partial charge in [-0.1, -0.05) is 6.07 Å². The highest BCUT2D eigenvalue weighted by Crippen LogP contribution is 2.39. The molecule has 2 aromatic rings. The van der Waals surface area contributed by atoms with Gasteiger partial charge in [0, 0.05) is 37.4 Å². The van der Waals surface area contributed by atoms with E-state index in [4.69, 9.17) is 4.74 Å². The highest BCUT2D eigenvalue weighted by Gasteiger charge is 2.52. The summed E-state index contributed by atoms with van der Waals surface area (Å²) in [5.74, 6) is -0.0523. The van der Waals surface area contributed by atoms with Crippen LogP contribution in [0, 0.1) is 6.92 Å². The number of rotatable bonds is 5. The van der Waals surface area contributed by atoms with Crippen LogP contribution in [0.2, 0.25) is 0 Å². The number of carbonyl (C=O) groups excluding carboxylic acids is 1. The number of ether oxygens (including phenoxy) is 1. The van der Waals surface area contributed by atoms with Crippen LogP contribution in [0.3, 0.4) is 0 Å². The second kappa shape index (κ2) is 5.81. The van der Waals surface area contributed by atoms with Gasteiger partial charge in [0.25, 0.3) is 5.91 Å². The standard InChI is InChI=1S/C18H23N3O2/c1-5-23-18(3)9-16(18)20-17(22)13-7-6-12(2)15(8-13)14-10-19-21(4)11-14/h6-8,10-11,16H,5,9H2,1-4H3,(H,20,22)/t16-,18+/m1/s1. The molecule has 0 aliphatic heterocycles. The van der Waals surface area contributed by atoms with Crippen molar-refractivity contribution in [3.8, 4) is 11.1 Å². The smallest absolute Gasteiger partial charge is 0.251 e. The molecular weight excluding hydrogens is 290 g/mol. The van der Waals surface area contributed by atoms with E-state index in [0.717, 1.165) is 23.1 Å². The van der Waals surface area contributed by atoms with Gasteiger partial charge in [0.15, 0.2) is 0 Å². The number of aromatic nitrogens is 2. The van der Waals surface area contributed by atoms with Crippen molar-refractivity contribution >= 4 is 5.91 Å². The van der Waals surface area contributed by atoms with E-state index in [9.17, 15) is 4.79 Å². The summed E-state index contributed by atoms with van der Waals surface area (Å²) in [6.45, 7) is 6.72. The van der Waals surface area contributed by atoms with Crippen LogP contribution in [0.1, 0.15) is 36.2 Å². The predicted octanol–water partition coefficient (Wildman–Crippen LogP) is 2.69. The van der Waals surface area contributed by atoms with Gasteiger partial charge < -0.3 is 10.1 Å². The Morgan fingerprint density at radius 3 is 2.96 bits per heavy atom. The molecule has 0 unspecified atom stereocenters. The highest BCUT2D eigenvalue weighted by molar-refractivity contribution is 5.96. The molecule has 5 heteroatoms. The minimum absolute atomic E-state index is 0.0523. The summed E-state index contributed by atoms with van der Waals surface area (Å²) in [5, 5.41) is 7.27. The van der Waals surface area contributed by atoms with Gasteiger partial charge in [0.05, 0.1) is 17.8 Å². The molecule has 1 fully saturated rings. The Hall–Kier alpha value is -2.14. The van der Waals surface area contributed by atoms with E-state index in [1.807, 2.05) is 58.4 Å². The summed E-state index contributed by atoms with van der Waals surface area (Å²) < 4.78 is 7.44. The van der Waals surface area contributed by atoms with E-state index < -0.39 is 0 Å². The third-order valence-corrected chi connectivity index (χ3v) is 4.48. The van der Waals surface area contributed by atoms with Crippen molar-refractivity contribution in [2.45, 2.75) is 38.8 Å². The summed E-state index contributed by atoms with van der Waals surface area (Å²) in [4.78, 5) is 12.5. The molecule has 1 saturated carbocycles. The van der Waals surface area contributed by atoms with E-state index in [1.165, 1.54) is 0 Å². The van der Waals surface area contributed by atoms with Crippen LogP contribution in [-0.4, -0.2) is 33.9 Å². The zero-order chi connectivity index (χ0) is 16.6. The first-order valence-corrected chi connectivity index (χ1v) is 7.97. The molecular formula is C18H23N3O2. The number of carbonyl (C=O) groups is 1. The van der Waals surface area contributed by atoms with Crippen molar-refractivity contribution < 1.29 is 9.53 Å². The molecule has 5 nitrogen and oxygen atoms in total. The monoisotopic (exact) mass is 313 g/mol.